The van der Waals surface area contributed by atoms with E-state index in [1.807, 2.05) is 0 Å². The van der Waals surface area contributed by atoms with Gasteiger partial charge in [0.2, 0.25) is 0 Å². The van der Waals surface area contributed by atoms with Crippen molar-refractivity contribution < 1.29 is 67.2 Å². The van der Waals surface area contributed by atoms with Crippen molar-refractivity contribution in [2.24, 2.45) is 5.11 Å². The number of carboxylic acid groups (broad SMARTS) is 2. The van der Waals surface area contributed by atoms with Crippen LogP contribution < -0.4 is 0 Å². The van der Waals surface area contributed by atoms with Gasteiger partial charge in [-0.1, -0.05) is 5.11 Å². The van der Waals surface area contributed by atoms with Crippen LogP contribution in [0.25, 0.3) is 10.4 Å². The van der Waals surface area contributed by atoms with Crippen LogP contribution >= 0.6 is 0 Å². The number of hydrogen-bond acceptors (Lipinski definition) is 14. The Morgan fingerprint density at radius 1 is 0.457 bits per heavy atom. The summed E-state index contributed by atoms with van der Waals surface area (Å²) in [7, 11) is 0. The Kier molecular flexibility index (Phi) is 35.5. The highest BCUT2D eigenvalue weighted by molar-refractivity contribution is 5.67. The fourth-order valence-electron chi connectivity index (χ4n) is 3.23. The van der Waals surface area contributed by atoms with Gasteiger partial charge in [0.25, 0.3) is 0 Å². The van der Waals surface area contributed by atoms with Crippen molar-refractivity contribution in [3.05, 3.63) is 10.4 Å². The molecule has 0 aliphatic carbocycles. The summed E-state index contributed by atoms with van der Waals surface area (Å²) in [6.45, 7) is 10.4. The van der Waals surface area contributed by atoms with Gasteiger partial charge >= 0.3 is 11.9 Å². The first kappa shape index (κ1) is 43.8. The second-order valence-corrected chi connectivity index (χ2v) is 9.21. The topological polar surface area (TPSA) is 219 Å². The summed E-state index contributed by atoms with van der Waals surface area (Å²) >= 11 is 0. The van der Waals surface area contributed by atoms with Crippen molar-refractivity contribution in [2.75, 3.05) is 158 Å². The fourth-order valence-corrected chi connectivity index (χ4v) is 3.23. The van der Waals surface area contributed by atoms with Crippen LogP contribution in [0.5, 0.6) is 0 Å². The highest BCUT2D eigenvalue weighted by atomic mass is 16.6. The second kappa shape index (κ2) is 37.3. The maximum atomic E-state index is 10.4. The number of azide groups is 1. The molecule has 0 aromatic carbocycles. The van der Waals surface area contributed by atoms with Gasteiger partial charge in [-0.25, -0.2) is 0 Å². The van der Waals surface area contributed by atoms with Crippen LogP contribution in [0, 0.1) is 0 Å². The highest BCUT2D eigenvalue weighted by Gasteiger charge is 2.06. The van der Waals surface area contributed by atoms with Gasteiger partial charge in [-0.05, 0) is 5.53 Å². The summed E-state index contributed by atoms with van der Waals surface area (Å²) in [5.74, 6) is -1.78. The van der Waals surface area contributed by atoms with Gasteiger partial charge < -0.3 is 57.6 Å². The van der Waals surface area contributed by atoms with E-state index in [1.165, 1.54) is 0 Å². The van der Waals surface area contributed by atoms with E-state index in [1.54, 1.807) is 0 Å². The molecule has 0 amide bonds. The second-order valence-electron chi connectivity index (χ2n) is 9.21. The molecule has 270 valence electrons. The third-order valence-corrected chi connectivity index (χ3v) is 5.58. The first-order valence-electron chi connectivity index (χ1n) is 15.5. The van der Waals surface area contributed by atoms with E-state index in [-0.39, 0.29) is 26.1 Å². The lowest BCUT2D eigenvalue weighted by Gasteiger charge is -2.22. The molecule has 0 aliphatic rings. The van der Waals surface area contributed by atoms with Gasteiger partial charge in [-0.15, -0.1) is 0 Å². The van der Waals surface area contributed by atoms with Crippen LogP contribution in [-0.2, 0) is 57.0 Å². The quantitative estimate of drug-likeness (QED) is 0.0398. The molecule has 0 saturated carbocycles. The van der Waals surface area contributed by atoms with E-state index in [2.05, 4.69) is 14.9 Å². The van der Waals surface area contributed by atoms with Crippen molar-refractivity contribution in [3.8, 4) is 0 Å². The Hall–Kier alpha value is -2.19. The standard InChI is InChI=1S/C28H54N4O14/c29-31-30-3-9-39-15-16-40-10-4-32(5-11-41-17-21-45-25-23-43-19-13-37-7-1-27(33)34)6-12-42-18-22-46-26-24-44-20-14-38-8-2-28(35)36/h1-26H2,(H,33,34)(H,35,36). The number of carboxylic acids is 2. The molecule has 0 heterocycles. The molecule has 2 N–H and O–H groups in total. The smallest absolute Gasteiger partial charge is 0.305 e. The molecule has 46 heavy (non-hydrogen) atoms. The van der Waals surface area contributed by atoms with E-state index in [9.17, 15) is 9.59 Å². The highest BCUT2D eigenvalue weighted by Crippen LogP contribution is 1.93. The summed E-state index contributed by atoms with van der Waals surface area (Å²) in [4.78, 5) is 25.6. The summed E-state index contributed by atoms with van der Waals surface area (Å²) in [6, 6.07) is 0. The largest absolute Gasteiger partial charge is 0.481 e. The van der Waals surface area contributed by atoms with Crippen molar-refractivity contribution in [1.82, 2.24) is 4.90 Å². The lowest BCUT2D eigenvalue weighted by Crippen LogP contribution is -2.34. The van der Waals surface area contributed by atoms with Crippen LogP contribution in [0.2, 0.25) is 0 Å². The number of aliphatic carboxylic acids is 2. The van der Waals surface area contributed by atoms with E-state index >= 15 is 0 Å². The molecule has 0 unspecified atom stereocenters. The minimum absolute atomic E-state index is 0.0212. The summed E-state index contributed by atoms with van der Waals surface area (Å²) in [6.07, 6.45) is -0.0425. The van der Waals surface area contributed by atoms with Crippen molar-refractivity contribution in [2.45, 2.75) is 12.8 Å². The molecular formula is C28H54N4O14. The molecule has 0 aliphatic heterocycles. The van der Waals surface area contributed by atoms with Crippen LogP contribution in [0.15, 0.2) is 5.11 Å². The van der Waals surface area contributed by atoms with Gasteiger partial charge in [0.15, 0.2) is 0 Å². The Labute approximate surface area is 271 Å². The zero-order valence-electron chi connectivity index (χ0n) is 27.0. The fraction of sp³-hybridized carbons (Fsp3) is 0.929. The summed E-state index contributed by atoms with van der Waals surface area (Å²) < 4.78 is 54.4. The van der Waals surface area contributed by atoms with E-state index in [4.69, 9.17) is 63.1 Å². The lowest BCUT2D eigenvalue weighted by atomic mass is 10.4. The van der Waals surface area contributed by atoms with Crippen molar-refractivity contribution >= 4 is 11.9 Å². The molecule has 0 radical (unpaired) electrons. The minimum atomic E-state index is -0.889. The Balaban J connectivity index is 3.89. The third-order valence-electron chi connectivity index (χ3n) is 5.58. The predicted molar refractivity (Wildman–Crippen MR) is 163 cm³/mol. The van der Waals surface area contributed by atoms with Crippen molar-refractivity contribution in [1.29, 1.82) is 0 Å². The molecule has 18 nitrogen and oxygen atoms in total. The number of rotatable bonds is 39. The third kappa shape index (κ3) is 38.0. The van der Waals surface area contributed by atoms with Crippen LogP contribution in [0.3, 0.4) is 0 Å². The zero-order valence-corrected chi connectivity index (χ0v) is 27.0. The van der Waals surface area contributed by atoms with E-state index in [0.29, 0.717) is 145 Å². The van der Waals surface area contributed by atoms with Crippen LogP contribution in [0.1, 0.15) is 12.8 Å². The normalized spacial score (nSPS) is 11.2. The zero-order chi connectivity index (χ0) is 33.6. The SMILES string of the molecule is [N-]=[N+]=NCCOCCOCCN(CCOCCOCCOCCOCCC(=O)O)CCOCCOCCOCCOCCC(=O)O. The van der Waals surface area contributed by atoms with Gasteiger partial charge in [0.1, 0.15) is 0 Å². The molecule has 0 atom stereocenters. The summed E-state index contributed by atoms with van der Waals surface area (Å²) in [5.41, 5.74) is 8.26. The van der Waals surface area contributed by atoms with Crippen molar-refractivity contribution in [3.63, 3.8) is 0 Å². The first-order chi connectivity index (χ1) is 22.6. The number of ether oxygens (including phenoxy) is 10. The Morgan fingerprint density at radius 2 is 0.717 bits per heavy atom. The maximum Gasteiger partial charge on any atom is 0.305 e. The number of carbonyl (C=O) groups is 2. The lowest BCUT2D eigenvalue weighted by molar-refractivity contribution is -0.139. The Bertz CT molecular complexity index is 692. The molecule has 0 rings (SSSR count). The molecule has 0 fully saturated rings. The van der Waals surface area contributed by atoms with Gasteiger partial charge in [-0.2, -0.15) is 0 Å². The monoisotopic (exact) mass is 670 g/mol. The molecule has 0 spiro atoms. The van der Waals surface area contributed by atoms with Gasteiger partial charge in [0, 0.05) is 31.1 Å². The number of nitrogens with zero attached hydrogens (tertiary/aromatic N) is 4. The average molecular weight is 671 g/mol. The van der Waals surface area contributed by atoms with Gasteiger partial charge in [-0.3, -0.25) is 14.5 Å². The molecule has 0 bridgehead atoms. The average Bonchev–Trinajstić information content (AvgIpc) is 3.03. The van der Waals surface area contributed by atoms with E-state index < -0.39 is 11.9 Å². The predicted octanol–water partition coefficient (Wildman–Crippen LogP) is 0.714. The van der Waals surface area contributed by atoms with Crippen LogP contribution in [-0.4, -0.2) is 185 Å². The molecule has 18 heteroatoms. The first-order valence-corrected chi connectivity index (χ1v) is 15.5. The molecule has 0 aromatic heterocycles. The van der Waals surface area contributed by atoms with E-state index in [0.717, 1.165) is 0 Å². The maximum absolute atomic E-state index is 10.4. The Morgan fingerprint density at radius 3 is 1.00 bits per heavy atom. The number of hydrogen-bond donors (Lipinski definition) is 2. The minimum Gasteiger partial charge on any atom is -0.481 e. The molecular weight excluding hydrogens is 616 g/mol. The molecule has 0 aromatic rings. The summed E-state index contributed by atoms with van der Waals surface area (Å²) in [5, 5.41) is 20.5. The van der Waals surface area contributed by atoms with Crippen LogP contribution in [0.4, 0.5) is 0 Å². The molecule has 0 saturated heterocycles. The van der Waals surface area contributed by atoms with Gasteiger partial charge in [0.05, 0.1) is 145 Å².